The van der Waals surface area contributed by atoms with Gasteiger partial charge in [-0.15, -0.1) is 12.4 Å². The summed E-state index contributed by atoms with van der Waals surface area (Å²) < 4.78 is 37.9. The van der Waals surface area contributed by atoms with Crippen molar-refractivity contribution >= 4 is 24.0 Å². The van der Waals surface area contributed by atoms with Crippen LogP contribution in [0.3, 0.4) is 0 Å². The van der Waals surface area contributed by atoms with Gasteiger partial charge in [0.2, 0.25) is 0 Å². The van der Waals surface area contributed by atoms with E-state index < -0.39 is 11.7 Å². The Morgan fingerprint density at radius 1 is 1.17 bits per heavy atom. The first-order chi connectivity index (χ1) is 7.97. The topological polar surface area (TPSA) is 12.0 Å². The summed E-state index contributed by atoms with van der Waals surface area (Å²) in [5.41, 5.74) is -0.0445. The van der Waals surface area contributed by atoms with Gasteiger partial charge in [0.1, 0.15) is 0 Å². The van der Waals surface area contributed by atoms with Crippen LogP contribution in [0, 0.1) is 0 Å². The summed E-state index contributed by atoms with van der Waals surface area (Å²) in [4.78, 5) is 0. The van der Waals surface area contributed by atoms with E-state index in [1.165, 1.54) is 6.07 Å². The van der Waals surface area contributed by atoms with Crippen LogP contribution in [0.1, 0.15) is 36.4 Å². The van der Waals surface area contributed by atoms with E-state index in [1.54, 1.807) is 6.07 Å². The van der Waals surface area contributed by atoms with Gasteiger partial charge in [-0.1, -0.05) is 18.0 Å². The Hall–Kier alpha value is -0.450. The molecule has 0 aromatic heterocycles. The summed E-state index contributed by atoms with van der Waals surface area (Å²) in [5.74, 6) is 0. The highest BCUT2D eigenvalue weighted by Crippen LogP contribution is 2.34. The molecule has 0 spiro atoms. The standard InChI is InChI=1S/C12H13ClF3N.ClH/c13-10-6-8(11-3-1-2-4-17-11)5-9(7-10)12(14,15)16;/h5-7,11,17H,1-4H2;1H/t11-;/m1./s1. The van der Waals surface area contributed by atoms with Gasteiger partial charge in [-0.2, -0.15) is 13.2 Å². The molecule has 1 heterocycles. The van der Waals surface area contributed by atoms with Crippen LogP contribution >= 0.6 is 24.0 Å². The third-order valence-electron chi connectivity index (χ3n) is 2.96. The fourth-order valence-corrected chi connectivity index (χ4v) is 2.36. The quantitative estimate of drug-likeness (QED) is 0.799. The first-order valence-electron chi connectivity index (χ1n) is 5.58. The number of halogens is 5. The summed E-state index contributed by atoms with van der Waals surface area (Å²) in [6.07, 6.45) is -1.37. The molecule has 2 rings (SSSR count). The fraction of sp³-hybridized carbons (Fsp3) is 0.500. The molecule has 102 valence electrons. The van der Waals surface area contributed by atoms with Crippen LogP contribution in [0.25, 0.3) is 0 Å². The average Bonchev–Trinajstić information content (AvgIpc) is 2.28. The smallest absolute Gasteiger partial charge is 0.310 e. The van der Waals surface area contributed by atoms with Gasteiger partial charge in [-0.3, -0.25) is 0 Å². The molecule has 1 aromatic carbocycles. The molecule has 0 amide bonds. The lowest BCUT2D eigenvalue weighted by Gasteiger charge is -2.24. The molecular weight excluding hydrogens is 286 g/mol. The lowest BCUT2D eigenvalue weighted by Crippen LogP contribution is -2.27. The maximum absolute atomic E-state index is 12.6. The number of benzene rings is 1. The van der Waals surface area contributed by atoms with Crippen molar-refractivity contribution in [2.24, 2.45) is 0 Å². The molecule has 0 radical (unpaired) electrons. The zero-order valence-electron chi connectivity index (χ0n) is 9.56. The van der Waals surface area contributed by atoms with Crippen molar-refractivity contribution in [3.8, 4) is 0 Å². The Morgan fingerprint density at radius 3 is 2.44 bits per heavy atom. The van der Waals surface area contributed by atoms with Crippen molar-refractivity contribution in [1.82, 2.24) is 5.32 Å². The van der Waals surface area contributed by atoms with E-state index in [2.05, 4.69) is 5.32 Å². The zero-order valence-corrected chi connectivity index (χ0v) is 11.1. The largest absolute Gasteiger partial charge is 0.416 e. The Morgan fingerprint density at radius 2 is 1.89 bits per heavy atom. The summed E-state index contributed by atoms with van der Waals surface area (Å²) in [6.45, 7) is 0.846. The Bertz CT molecular complexity index is 401. The molecule has 0 bridgehead atoms. The lowest BCUT2D eigenvalue weighted by atomic mass is 9.96. The first kappa shape index (κ1) is 15.6. The molecular formula is C12H14Cl2F3N. The predicted octanol–water partition coefficient (Wildman–Crippen LogP) is 4.60. The third-order valence-corrected chi connectivity index (χ3v) is 3.18. The zero-order chi connectivity index (χ0) is 12.5. The second kappa shape index (κ2) is 6.13. The molecule has 1 atom stereocenters. The monoisotopic (exact) mass is 299 g/mol. The summed E-state index contributed by atoms with van der Waals surface area (Å²) in [5, 5.41) is 3.36. The summed E-state index contributed by atoms with van der Waals surface area (Å²) in [6, 6.07) is 3.76. The van der Waals surface area contributed by atoms with Crippen LogP contribution in [-0.4, -0.2) is 6.54 Å². The second-order valence-electron chi connectivity index (χ2n) is 4.27. The SMILES string of the molecule is Cl.FC(F)(F)c1cc(Cl)cc([C@H]2CCCCN2)c1. The van der Waals surface area contributed by atoms with Crippen molar-refractivity contribution in [2.45, 2.75) is 31.5 Å². The van der Waals surface area contributed by atoms with E-state index >= 15 is 0 Å². The second-order valence-corrected chi connectivity index (χ2v) is 4.71. The van der Waals surface area contributed by atoms with Gasteiger partial charge < -0.3 is 5.32 Å². The predicted molar refractivity (Wildman–Crippen MR) is 68.3 cm³/mol. The van der Waals surface area contributed by atoms with Gasteiger partial charge in [0.05, 0.1) is 5.56 Å². The molecule has 0 saturated carbocycles. The van der Waals surface area contributed by atoms with Crippen LogP contribution in [0.4, 0.5) is 13.2 Å². The average molecular weight is 300 g/mol. The van der Waals surface area contributed by atoms with Crippen molar-refractivity contribution in [3.63, 3.8) is 0 Å². The molecule has 1 aliphatic heterocycles. The van der Waals surface area contributed by atoms with Crippen LogP contribution < -0.4 is 5.32 Å². The minimum Gasteiger partial charge on any atom is -0.310 e. The van der Waals surface area contributed by atoms with E-state index in [4.69, 9.17) is 11.6 Å². The van der Waals surface area contributed by atoms with Gasteiger partial charge in [0, 0.05) is 11.1 Å². The molecule has 0 aliphatic carbocycles. The lowest BCUT2D eigenvalue weighted by molar-refractivity contribution is -0.137. The minimum absolute atomic E-state index is 0. The summed E-state index contributed by atoms with van der Waals surface area (Å²) >= 11 is 5.75. The van der Waals surface area contributed by atoms with E-state index in [0.717, 1.165) is 31.9 Å². The van der Waals surface area contributed by atoms with Gasteiger partial charge in [-0.25, -0.2) is 0 Å². The molecule has 6 heteroatoms. The fourth-order valence-electron chi connectivity index (χ4n) is 2.11. The van der Waals surface area contributed by atoms with Crippen LogP contribution in [0.2, 0.25) is 5.02 Å². The number of alkyl halides is 3. The Labute approximate surface area is 115 Å². The van der Waals surface area contributed by atoms with E-state index in [-0.39, 0.29) is 23.5 Å². The Kier molecular flexibility index (Phi) is 5.32. The van der Waals surface area contributed by atoms with Gasteiger partial charge in [0.25, 0.3) is 0 Å². The van der Waals surface area contributed by atoms with Crippen molar-refractivity contribution in [2.75, 3.05) is 6.54 Å². The van der Waals surface area contributed by atoms with Gasteiger partial charge >= 0.3 is 6.18 Å². The molecule has 18 heavy (non-hydrogen) atoms. The highest BCUT2D eigenvalue weighted by molar-refractivity contribution is 6.30. The third kappa shape index (κ3) is 3.77. The van der Waals surface area contributed by atoms with Crippen LogP contribution in [0.15, 0.2) is 18.2 Å². The summed E-state index contributed by atoms with van der Waals surface area (Å²) in [7, 11) is 0. The minimum atomic E-state index is -4.34. The Balaban J connectivity index is 0.00000162. The van der Waals surface area contributed by atoms with Crippen molar-refractivity contribution in [3.05, 3.63) is 34.3 Å². The highest BCUT2D eigenvalue weighted by Gasteiger charge is 2.31. The van der Waals surface area contributed by atoms with Crippen LogP contribution in [-0.2, 0) is 6.18 Å². The maximum atomic E-state index is 12.6. The van der Waals surface area contributed by atoms with E-state index in [0.29, 0.717) is 5.56 Å². The molecule has 0 unspecified atom stereocenters. The van der Waals surface area contributed by atoms with Crippen molar-refractivity contribution in [1.29, 1.82) is 0 Å². The van der Waals surface area contributed by atoms with Crippen molar-refractivity contribution < 1.29 is 13.2 Å². The van der Waals surface area contributed by atoms with Gasteiger partial charge in [-0.05, 0) is 43.1 Å². The molecule has 1 N–H and O–H groups in total. The molecule has 1 nitrogen and oxygen atoms in total. The number of hydrogen-bond donors (Lipinski definition) is 1. The molecule has 1 fully saturated rings. The highest BCUT2D eigenvalue weighted by atomic mass is 35.5. The maximum Gasteiger partial charge on any atom is 0.416 e. The number of nitrogens with one attached hydrogen (secondary N) is 1. The molecule has 1 aromatic rings. The van der Waals surface area contributed by atoms with E-state index in [9.17, 15) is 13.2 Å². The van der Waals surface area contributed by atoms with Gasteiger partial charge in [0.15, 0.2) is 0 Å². The normalized spacial score (nSPS) is 20.3. The first-order valence-corrected chi connectivity index (χ1v) is 5.96. The van der Waals surface area contributed by atoms with E-state index in [1.807, 2.05) is 0 Å². The number of hydrogen-bond acceptors (Lipinski definition) is 1. The molecule has 1 aliphatic rings. The van der Waals surface area contributed by atoms with Crippen LogP contribution in [0.5, 0.6) is 0 Å². The number of rotatable bonds is 1. The number of piperidine rings is 1. The molecule has 1 saturated heterocycles.